The van der Waals surface area contributed by atoms with Gasteiger partial charge in [-0.15, -0.1) is 0 Å². The number of hydrogen-bond acceptors (Lipinski definition) is 5. The van der Waals surface area contributed by atoms with Crippen molar-refractivity contribution in [3.05, 3.63) is 57.5 Å². The third-order valence-corrected chi connectivity index (χ3v) is 4.20. The molecular weight excluding hydrogens is 336 g/mol. The maximum Gasteiger partial charge on any atom is 0.356 e. The lowest BCUT2D eigenvalue weighted by molar-refractivity contribution is 0.0681. The molecule has 128 valence electrons. The van der Waals surface area contributed by atoms with Crippen LogP contribution in [0.3, 0.4) is 0 Å². The number of aromatic carboxylic acids is 1. The summed E-state index contributed by atoms with van der Waals surface area (Å²) in [6.07, 6.45) is 0. The molecule has 2 rings (SSSR count). The Morgan fingerprint density at radius 2 is 2.04 bits per heavy atom. The van der Waals surface area contributed by atoms with Gasteiger partial charge >= 0.3 is 5.97 Å². The SMILES string of the molecule is Cc1cccc(N(Cc2cc(=O)c(O)c(C(=O)O)n2C)S(=O)[O-])c1. The van der Waals surface area contributed by atoms with Gasteiger partial charge in [0.05, 0.1) is 6.54 Å². The van der Waals surface area contributed by atoms with Gasteiger partial charge in [-0.25, -0.2) is 4.79 Å². The number of carboxylic acids is 1. The standard InChI is InChI=1S/C15H16N2O6S/c1-9-4-3-5-10(6-9)17(24(22)23)8-11-7-12(18)14(19)13(15(20)21)16(11)2/h3-7,19H,8H2,1-2H3,(H,20,21)(H,22,23)/p-1. The summed E-state index contributed by atoms with van der Waals surface area (Å²) in [6, 6.07) is 7.72. The molecule has 0 aliphatic carbocycles. The van der Waals surface area contributed by atoms with Crippen LogP contribution in [-0.4, -0.2) is 29.5 Å². The summed E-state index contributed by atoms with van der Waals surface area (Å²) in [7, 11) is 1.33. The highest BCUT2D eigenvalue weighted by Gasteiger charge is 2.20. The molecule has 1 unspecified atom stereocenters. The van der Waals surface area contributed by atoms with Crippen LogP contribution in [0.25, 0.3) is 0 Å². The summed E-state index contributed by atoms with van der Waals surface area (Å²) < 4.78 is 25.2. The van der Waals surface area contributed by atoms with Crippen LogP contribution < -0.4 is 9.73 Å². The van der Waals surface area contributed by atoms with E-state index in [0.717, 1.165) is 20.5 Å². The van der Waals surface area contributed by atoms with Crippen LogP contribution in [0.2, 0.25) is 0 Å². The molecule has 0 radical (unpaired) electrons. The average molecular weight is 351 g/mol. The first-order chi connectivity index (χ1) is 11.2. The Labute approximate surface area is 140 Å². The van der Waals surface area contributed by atoms with Crippen molar-refractivity contribution in [2.75, 3.05) is 4.31 Å². The van der Waals surface area contributed by atoms with Crippen molar-refractivity contribution in [1.82, 2.24) is 4.57 Å². The smallest absolute Gasteiger partial charge is 0.356 e. The fourth-order valence-corrected chi connectivity index (χ4v) is 2.82. The van der Waals surface area contributed by atoms with Crippen LogP contribution in [0.15, 0.2) is 35.1 Å². The normalized spacial score (nSPS) is 12.0. The fourth-order valence-electron chi connectivity index (χ4n) is 2.29. The lowest BCUT2D eigenvalue weighted by Crippen LogP contribution is -2.29. The lowest BCUT2D eigenvalue weighted by atomic mass is 10.2. The number of aromatic nitrogens is 1. The van der Waals surface area contributed by atoms with Gasteiger partial charge in [-0.1, -0.05) is 12.1 Å². The van der Waals surface area contributed by atoms with Crippen LogP contribution in [-0.2, 0) is 24.9 Å². The van der Waals surface area contributed by atoms with Crippen LogP contribution in [0.1, 0.15) is 21.7 Å². The van der Waals surface area contributed by atoms with Gasteiger partial charge in [0.25, 0.3) is 0 Å². The second-order valence-electron chi connectivity index (χ2n) is 5.15. The number of benzene rings is 1. The van der Waals surface area contributed by atoms with Gasteiger partial charge in [0.2, 0.25) is 5.43 Å². The maximum absolute atomic E-state index is 11.8. The Balaban J connectivity index is 2.54. The topological polar surface area (TPSA) is 123 Å². The number of aromatic hydroxyl groups is 1. The van der Waals surface area contributed by atoms with E-state index in [2.05, 4.69) is 0 Å². The van der Waals surface area contributed by atoms with Crippen LogP contribution >= 0.6 is 0 Å². The molecule has 0 aliphatic rings. The van der Waals surface area contributed by atoms with E-state index >= 15 is 0 Å². The Morgan fingerprint density at radius 3 is 2.58 bits per heavy atom. The second kappa shape index (κ2) is 6.85. The third-order valence-electron chi connectivity index (χ3n) is 3.50. The molecule has 0 saturated heterocycles. The Bertz CT molecular complexity index is 877. The summed E-state index contributed by atoms with van der Waals surface area (Å²) in [6.45, 7) is 1.54. The summed E-state index contributed by atoms with van der Waals surface area (Å²) in [4.78, 5) is 23.0. The summed E-state index contributed by atoms with van der Waals surface area (Å²) >= 11 is -2.64. The predicted molar refractivity (Wildman–Crippen MR) is 86.6 cm³/mol. The first-order valence-electron chi connectivity index (χ1n) is 6.81. The zero-order chi connectivity index (χ0) is 18.0. The van der Waals surface area contributed by atoms with Crippen molar-refractivity contribution in [3.8, 4) is 5.75 Å². The lowest BCUT2D eigenvalue weighted by Gasteiger charge is -2.28. The largest absolute Gasteiger partial charge is 0.755 e. The molecule has 2 N–H and O–H groups in total. The zero-order valence-corrected chi connectivity index (χ0v) is 13.7. The summed E-state index contributed by atoms with van der Waals surface area (Å²) in [5, 5.41) is 18.8. The van der Waals surface area contributed by atoms with Crippen molar-refractivity contribution in [3.63, 3.8) is 0 Å². The predicted octanol–water partition coefficient (Wildman–Crippen LogP) is 0.898. The molecule has 1 atom stereocenters. The number of anilines is 1. The molecule has 0 saturated carbocycles. The molecule has 0 amide bonds. The molecular formula is C15H15N2O6S-. The average Bonchev–Trinajstić information content (AvgIpc) is 2.49. The molecule has 0 fully saturated rings. The first-order valence-corrected chi connectivity index (χ1v) is 7.84. The van der Waals surface area contributed by atoms with Crippen LogP contribution in [0, 0.1) is 6.92 Å². The summed E-state index contributed by atoms with van der Waals surface area (Å²) in [5.41, 5.74) is -0.143. The maximum atomic E-state index is 11.8. The Morgan fingerprint density at radius 1 is 1.38 bits per heavy atom. The molecule has 0 aliphatic heterocycles. The van der Waals surface area contributed by atoms with Gasteiger partial charge in [-0.3, -0.25) is 13.3 Å². The molecule has 8 nitrogen and oxygen atoms in total. The van der Waals surface area contributed by atoms with E-state index < -0.39 is 34.1 Å². The molecule has 2 aromatic rings. The molecule has 1 heterocycles. The zero-order valence-electron chi connectivity index (χ0n) is 12.9. The number of nitrogens with zero attached hydrogens (tertiary/aromatic N) is 2. The number of hydrogen-bond donors (Lipinski definition) is 2. The minimum atomic E-state index is -2.64. The van der Waals surface area contributed by atoms with Crippen LogP contribution in [0.4, 0.5) is 5.69 Å². The molecule has 1 aromatic heterocycles. The van der Waals surface area contributed by atoms with Gasteiger partial charge in [-0.2, -0.15) is 0 Å². The summed E-state index contributed by atoms with van der Waals surface area (Å²) in [5.74, 6) is -2.38. The highest BCUT2D eigenvalue weighted by Crippen LogP contribution is 2.21. The van der Waals surface area contributed by atoms with Crippen molar-refractivity contribution < 1.29 is 23.8 Å². The quantitative estimate of drug-likeness (QED) is 0.772. The van der Waals surface area contributed by atoms with E-state index in [9.17, 15) is 23.5 Å². The number of aryl methyl sites for hydroxylation is 1. The minimum absolute atomic E-state index is 0.126. The Kier molecular flexibility index (Phi) is 5.05. The van der Waals surface area contributed by atoms with Crippen LogP contribution in [0.5, 0.6) is 5.75 Å². The minimum Gasteiger partial charge on any atom is -0.755 e. The van der Waals surface area contributed by atoms with Crippen molar-refractivity contribution >= 4 is 22.9 Å². The highest BCUT2D eigenvalue weighted by molar-refractivity contribution is 7.80. The van der Waals surface area contributed by atoms with Gasteiger partial charge in [0.1, 0.15) is 0 Å². The number of carbonyl (C=O) groups is 1. The van der Waals surface area contributed by atoms with Gasteiger partial charge in [-0.05, 0) is 24.6 Å². The van der Waals surface area contributed by atoms with E-state index in [0.29, 0.717) is 5.69 Å². The highest BCUT2D eigenvalue weighted by atomic mass is 32.2. The number of carboxylic acid groups (broad SMARTS) is 1. The van der Waals surface area contributed by atoms with E-state index in [-0.39, 0.29) is 12.2 Å². The second-order valence-corrected chi connectivity index (χ2v) is 6.03. The number of rotatable bonds is 5. The molecule has 0 bridgehead atoms. The van der Waals surface area contributed by atoms with Gasteiger partial charge in [0, 0.05) is 35.8 Å². The van der Waals surface area contributed by atoms with Gasteiger partial charge < -0.3 is 19.3 Å². The molecule has 9 heteroatoms. The Hall–Kier alpha value is -2.65. The first kappa shape index (κ1) is 17.7. The monoisotopic (exact) mass is 351 g/mol. The fraction of sp³-hybridized carbons (Fsp3) is 0.200. The van der Waals surface area contributed by atoms with Gasteiger partial charge in [0.15, 0.2) is 11.4 Å². The third kappa shape index (κ3) is 3.47. The van der Waals surface area contributed by atoms with E-state index in [1.54, 1.807) is 31.2 Å². The molecule has 0 spiro atoms. The van der Waals surface area contributed by atoms with E-state index in [1.165, 1.54) is 7.05 Å². The number of pyridine rings is 1. The molecule has 24 heavy (non-hydrogen) atoms. The van der Waals surface area contributed by atoms with E-state index in [4.69, 9.17) is 5.11 Å². The van der Waals surface area contributed by atoms with Crippen molar-refractivity contribution in [1.29, 1.82) is 0 Å². The van der Waals surface area contributed by atoms with Crippen molar-refractivity contribution in [2.24, 2.45) is 7.05 Å². The van der Waals surface area contributed by atoms with Crippen molar-refractivity contribution in [2.45, 2.75) is 13.5 Å². The molecule has 1 aromatic carbocycles. The van der Waals surface area contributed by atoms with E-state index in [1.807, 2.05) is 0 Å².